The van der Waals surface area contributed by atoms with Crippen LogP contribution in [0.2, 0.25) is 5.02 Å². The first-order valence-electron chi connectivity index (χ1n) is 8.20. The van der Waals surface area contributed by atoms with E-state index in [9.17, 15) is 9.90 Å². The van der Waals surface area contributed by atoms with E-state index in [0.717, 1.165) is 33.5 Å². The van der Waals surface area contributed by atoms with Crippen LogP contribution in [-0.4, -0.2) is 20.6 Å². The van der Waals surface area contributed by atoms with E-state index < -0.39 is 5.97 Å². The maximum atomic E-state index is 11.7. The second-order valence-electron chi connectivity index (χ2n) is 6.05. The lowest BCUT2D eigenvalue weighted by Gasteiger charge is -2.07. The van der Waals surface area contributed by atoms with Gasteiger partial charge in [-0.1, -0.05) is 35.9 Å². The monoisotopic (exact) mass is 398 g/mol. The molecule has 0 aliphatic heterocycles. The average molecular weight is 399 g/mol. The van der Waals surface area contributed by atoms with E-state index in [-0.39, 0.29) is 4.88 Å². The first-order chi connectivity index (χ1) is 13.0. The Hall–Kier alpha value is -2.83. The molecule has 0 radical (unpaired) electrons. The molecular weight excluding hydrogens is 384 g/mol. The summed E-state index contributed by atoms with van der Waals surface area (Å²) in [6.07, 6.45) is 1.66. The summed E-state index contributed by atoms with van der Waals surface area (Å²) >= 11 is 7.24. The van der Waals surface area contributed by atoms with Gasteiger partial charge in [0.1, 0.15) is 23.7 Å². The van der Waals surface area contributed by atoms with Gasteiger partial charge >= 0.3 is 5.97 Å². The van der Waals surface area contributed by atoms with Crippen molar-refractivity contribution in [2.75, 3.05) is 0 Å². The highest BCUT2D eigenvalue weighted by molar-refractivity contribution is 7.16. The van der Waals surface area contributed by atoms with Crippen molar-refractivity contribution in [2.45, 2.75) is 13.5 Å². The van der Waals surface area contributed by atoms with Gasteiger partial charge in [0.2, 0.25) is 0 Å². The number of thiophene rings is 1. The van der Waals surface area contributed by atoms with Gasteiger partial charge in [0, 0.05) is 11.1 Å². The molecule has 7 heteroatoms. The Balaban J connectivity index is 1.71. The fourth-order valence-electron chi connectivity index (χ4n) is 2.82. The molecule has 0 atom stereocenters. The smallest absolute Gasteiger partial charge is 0.349 e. The van der Waals surface area contributed by atoms with Crippen LogP contribution in [0, 0.1) is 6.92 Å². The number of aromatic nitrogens is 2. The molecular formula is C20H15ClN2O3S. The normalized spacial score (nSPS) is 11.0. The van der Waals surface area contributed by atoms with E-state index in [1.165, 1.54) is 0 Å². The van der Waals surface area contributed by atoms with Gasteiger partial charge in [-0.05, 0) is 36.2 Å². The zero-order chi connectivity index (χ0) is 19.0. The fraction of sp³-hybridized carbons (Fsp3) is 0.100. The predicted octanol–water partition coefficient (Wildman–Crippen LogP) is 5.33. The summed E-state index contributed by atoms with van der Waals surface area (Å²) in [7, 11) is 0. The minimum atomic E-state index is -1.02. The molecule has 4 aromatic rings. The van der Waals surface area contributed by atoms with Crippen molar-refractivity contribution < 1.29 is 14.6 Å². The van der Waals surface area contributed by atoms with Crippen molar-refractivity contribution in [2.24, 2.45) is 0 Å². The maximum Gasteiger partial charge on any atom is 0.349 e. The van der Waals surface area contributed by atoms with E-state index in [1.807, 2.05) is 41.8 Å². The number of fused-ring (bicyclic) bond motifs is 1. The minimum absolute atomic E-state index is 0.155. The molecule has 1 N–H and O–H groups in total. The summed E-state index contributed by atoms with van der Waals surface area (Å²) in [5, 5.41) is 10.9. The van der Waals surface area contributed by atoms with Crippen LogP contribution in [-0.2, 0) is 6.61 Å². The van der Waals surface area contributed by atoms with Gasteiger partial charge in [-0.25, -0.2) is 9.78 Å². The second-order valence-corrected chi connectivity index (χ2v) is 7.51. The van der Waals surface area contributed by atoms with Crippen molar-refractivity contribution in [1.29, 1.82) is 0 Å². The Morgan fingerprint density at radius 3 is 2.85 bits per heavy atom. The molecule has 0 spiro atoms. The first-order valence-corrected chi connectivity index (χ1v) is 9.40. The molecule has 0 unspecified atom stereocenters. The molecule has 4 rings (SSSR count). The molecule has 0 bridgehead atoms. The summed E-state index contributed by atoms with van der Waals surface area (Å²) < 4.78 is 7.67. The van der Waals surface area contributed by atoms with Gasteiger partial charge < -0.3 is 9.84 Å². The van der Waals surface area contributed by atoms with E-state index in [2.05, 4.69) is 4.98 Å². The van der Waals surface area contributed by atoms with Crippen molar-refractivity contribution in [3.8, 4) is 10.8 Å². The molecule has 2 aromatic carbocycles. The van der Waals surface area contributed by atoms with Crippen LogP contribution in [0.5, 0.6) is 5.75 Å². The van der Waals surface area contributed by atoms with Gasteiger partial charge in [0.05, 0.1) is 11.0 Å². The number of rotatable bonds is 5. The first kappa shape index (κ1) is 17.6. The fourth-order valence-corrected chi connectivity index (χ4v) is 3.91. The number of carbonyl (C=O) groups is 1. The number of ether oxygens (including phenoxy) is 1. The molecule has 0 saturated heterocycles. The molecule has 136 valence electrons. The third-order valence-electron chi connectivity index (χ3n) is 4.27. The van der Waals surface area contributed by atoms with Crippen LogP contribution in [0.25, 0.3) is 16.0 Å². The van der Waals surface area contributed by atoms with E-state index >= 15 is 0 Å². The SMILES string of the molecule is Cc1ccccc1COc1cc(-n2cnc3ccc(Cl)cc32)sc1C(=O)O. The van der Waals surface area contributed by atoms with Gasteiger partial charge in [0.25, 0.3) is 0 Å². The second kappa shape index (κ2) is 7.06. The van der Waals surface area contributed by atoms with E-state index in [1.54, 1.807) is 24.5 Å². The van der Waals surface area contributed by atoms with Crippen molar-refractivity contribution in [3.63, 3.8) is 0 Å². The van der Waals surface area contributed by atoms with Crippen LogP contribution in [0.15, 0.2) is 54.9 Å². The minimum Gasteiger partial charge on any atom is -0.487 e. The molecule has 27 heavy (non-hydrogen) atoms. The summed E-state index contributed by atoms with van der Waals surface area (Å²) in [5.41, 5.74) is 3.71. The lowest BCUT2D eigenvalue weighted by molar-refractivity contribution is 0.0697. The summed E-state index contributed by atoms with van der Waals surface area (Å²) in [6.45, 7) is 2.30. The predicted molar refractivity (Wildman–Crippen MR) is 106 cm³/mol. The zero-order valence-corrected chi connectivity index (χ0v) is 15.9. The standard InChI is InChI=1S/C20H15ClN2O3S/c1-12-4-2-3-5-13(12)10-26-17-9-18(27-19(17)20(24)25)23-11-22-15-7-6-14(21)8-16(15)23/h2-9,11H,10H2,1H3,(H,24,25). The third kappa shape index (κ3) is 3.41. The van der Waals surface area contributed by atoms with Gasteiger partial charge in [0.15, 0.2) is 4.88 Å². The number of benzene rings is 2. The number of nitrogens with zero attached hydrogens (tertiary/aromatic N) is 2. The molecule has 2 heterocycles. The topological polar surface area (TPSA) is 64.4 Å². The highest BCUT2D eigenvalue weighted by atomic mass is 35.5. The number of carboxylic acids is 1. The number of hydrogen-bond acceptors (Lipinski definition) is 4. The molecule has 0 aliphatic carbocycles. The lowest BCUT2D eigenvalue weighted by Crippen LogP contribution is -2.01. The number of halogens is 1. The highest BCUT2D eigenvalue weighted by Crippen LogP contribution is 2.34. The summed E-state index contributed by atoms with van der Waals surface area (Å²) in [6, 6.07) is 15.0. The Morgan fingerprint density at radius 2 is 2.07 bits per heavy atom. The average Bonchev–Trinajstić information content (AvgIpc) is 3.24. The number of aryl methyl sites for hydroxylation is 1. The van der Waals surface area contributed by atoms with Crippen molar-refractivity contribution in [1.82, 2.24) is 9.55 Å². The molecule has 0 aliphatic rings. The van der Waals surface area contributed by atoms with E-state index in [4.69, 9.17) is 16.3 Å². The van der Waals surface area contributed by atoms with Gasteiger partial charge in [-0.15, -0.1) is 11.3 Å². The quantitative estimate of drug-likeness (QED) is 0.493. The van der Waals surface area contributed by atoms with E-state index in [0.29, 0.717) is 22.4 Å². The van der Waals surface area contributed by atoms with Crippen molar-refractivity contribution in [3.05, 3.63) is 75.9 Å². The Bertz CT molecular complexity index is 1150. The molecule has 5 nitrogen and oxygen atoms in total. The number of aromatic carboxylic acids is 1. The Kier molecular flexibility index (Phi) is 4.59. The number of carboxylic acid groups (broad SMARTS) is 1. The highest BCUT2D eigenvalue weighted by Gasteiger charge is 2.19. The lowest BCUT2D eigenvalue weighted by atomic mass is 10.1. The van der Waals surface area contributed by atoms with Crippen LogP contribution in [0.3, 0.4) is 0 Å². The van der Waals surface area contributed by atoms with Crippen LogP contribution in [0.4, 0.5) is 0 Å². The molecule has 0 saturated carbocycles. The third-order valence-corrected chi connectivity index (χ3v) is 5.61. The Morgan fingerprint density at radius 1 is 1.26 bits per heavy atom. The maximum absolute atomic E-state index is 11.7. The van der Waals surface area contributed by atoms with Crippen LogP contribution in [0.1, 0.15) is 20.8 Å². The Labute approximate surface area is 164 Å². The summed E-state index contributed by atoms with van der Waals surface area (Å²) in [4.78, 5) is 16.2. The van der Waals surface area contributed by atoms with Gasteiger partial charge in [-0.3, -0.25) is 4.57 Å². The number of imidazole rings is 1. The molecule has 0 amide bonds. The molecule has 0 fully saturated rings. The van der Waals surface area contributed by atoms with Crippen LogP contribution >= 0.6 is 22.9 Å². The van der Waals surface area contributed by atoms with Crippen LogP contribution < -0.4 is 4.74 Å². The number of hydrogen-bond donors (Lipinski definition) is 1. The largest absolute Gasteiger partial charge is 0.487 e. The summed E-state index contributed by atoms with van der Waals surface area (Å²) in [5.74, 6) is -0.678. The van der Waals surface area contributed by atoms with Gasteiger partial charge in [-0.2, -0.15) is 0 Å². The zero-order valence-electron chi connectivity index (χ0n) is 14.3. The van der Waals surface area contributed by atoms with Crippen molar-refractivity contribution >= 4 is 39.9 Å². The molecule has 2 aromatic heterocycles.